The van der Waals surface area contributed by atoms with Gasteiger partial charge in [-0.3, -0.25) is 0 Å². The Labute approximate surface area is 109 Å². The van der Waals surface area contributed by atoms with Crippen LogP contribution in [0, 0.1) is 12.8 Å². The van der Waals surface area contributed by atoms with E-state index in [1.54, 1.807) is 0 Å². The molecule has 0 spiro atoms. The van der Waals surface area contributed by atoms with Crippen LogP contribution in [-0.4, -0.2) is 23.1 Å². The molecule has 1 unspecified atom stereocenters. The van der Waals surface area contributed by atoms with Gasteiger partial charge in [-0.05, 0) is 37.8 Å². The minimum absolute atomic E-state index is 0.106. The number of aromatic nitrogens is 2. The quantitative estimate of drug-likeness (QED) is 0.870. The van der Waals surface area contributed by atoms with Gasteiger partial charge in [0.25, 0.3) is 0 Å². The lowest BCUT2D eigenvalue weighted by Crippen LogP contribution is -2.21. The zero-order valence-corrected chi connectivity index (χ0v) is 11.6. The summed E-state index contributed by atoms with van der Waals surface area (Å²) in [7, 11) is 0. The van der Waals surface area contributed by atoms with Gasteiger partial charge in [-0.15, -0.1) is 0 Å². The first-order valence-electron chi connectivity index (χ1n) is 6.81. The van der Waals surface area contributed by atoms with Gasteiger partial charge >= 0.3 is 0 Å². The molecule has 100 valence electrons. The number of hydrogen-bond acceptors (Lipinski definition) is 4. The number of aryl methyl sites for hydroxylation is 1. The molecule has 1 atom stereocenters. The van der Waals surface area contributed by atoms with E-state index in [2.05, 4.69) is 36.1 Å². The first-order valence-corrected chi connectivity index (χ1v) is 6.81. The molecule has 2 heterocycles. The second-order valence-corrected chi connectivity index (χ2v) is 5.38. The molecule has 1 aromatic heterocycles. The lowest BCUT2D eigenvalue weighted by atomic mass is 10.2. The highest BCUT2D eigenvalue weighted by atomic mass is 16.5. The highest BCUT2D eigenvalue weighted by Crippen LogP contribution is 2.26. The Morgan fingerprint density at radius 2 is 2.33 bits per heavy atom. The van der Waals surface area contributed by atoms with Gasteiger partial charge in [0.2, 0.25) is 0 Å². The van der Waals surface area contributed by atoms with E-state index in [0.717, 1.165) is 49.6 Å². The lowest BCUT2D eigenvalue weighted by molar-refractivity contribution is 0.105. The average Bonchev–Trinajstić information content (AvgIpc) is 2.84. The Morgan fingerprint density at radius 3 is 3.00 bits per heavy atom. The minimum Gasteiger partial charge on any atom is -0.370 e. The van der Waals surface area contributed by atoms with Crippen molar-refractivity contribution >= 4 is 0 Å². The van der Waals surface area contributed by atoms with Crippen molar-refractivity contribution in [2.45, 2.75) is 46.3 Å². The molecule has 0 radical (unpaired) electrons. The van der Waals surface area contributed by atoms with E-state index in [9.17, 15) is 0 Å². The van der Waals surface area contributed by atoms with Gasteiger partial charge in [0, 0.05) is 19.3 Å². The molecule has 4 nitrogen and oxygen atoms in total. The topological polar surface area (TPSA) is 47.0 Å². The fourth-order valence-corrected chi connectivity index (χ4v) is 2.09. The third kappa shape index (κ3) is 3.50. The fraction of sp³-hybridized carbons (Fsp3) is 0.714. The zero-order valence-electron chi connectivity index (χ0n) is 11.6. The highest BCUT2D eigenvalue weighted by Gasteiger charge is 2.20. The van der Waals surface area contributed by atoms with Crippen LogP contribution in [0.2, 0.25) is 0 Å². The largest absolute Gasteiger partial charge is 0.370 e. The molecule has 0 amide bonds. The fourth-order valence-electron chi connectivity index (χ4n) is 2.09. The summed E-state index contributed by atoms with van der Waals surface area (Å²) in [5, 5.41) is 3.43. The van der Waals surface area contributed by atoms with Gasteiger partial charge in [-0.25, -0.2) is 9.97 Å². The summed E-state index contributed by atoms with van der Waals surface area (Å²) < 4.78 is 5.63. The van der Waals surface area contributed by atoms with E-state index < -0.39 is 0 Å². The van der Waals surface area contributed by atoms with Crippen LogP contribution in [0.4, 0.5) is 0 Å². The molecule has 0 aromatic carbocycles. The first kappa shape index (κ1) is 13.4. The molecule has 1 saturated heterocycles. The van der Waals surface area contributed by atoms with Crippen LogP contribution in [0.15, 0.2) is 6.20 Å². The van der Waals surface area contributed by atoms with Crippen LogP contribution in [0.1, 0.15) is 49.9 Å². The van der Waals surface area contributed by atoms with Crippen molar-refractivity contribution in [2.24, 2.45) is 5.92 Å². The molecule has 0 aliphatic carbocycles. The van der Waals surface area contributed by atoms with Gasteiger partial charge in [-0.1, -0.05) is 13.8 Å². The third-order valence-corrected chi connectivity index (χ3v) is 3.16. The molecule has 1 aliphatic heterocycles. The molecule has 2 rings (SSSR count). The summed E-state index contributed by atoms with van der Waals surface area (Å²) in [5.41, 5.74) is 2.24. The van der Waals surface area contributed by atoms with Gasteiger partial charge in [-0.2, -0.15) is 0 Å². The van der Waals surface area contributed by atoms with Crippen LogP contribution >= 0.6 is 0 Å². The molecule has 0 bridgehead atoms. The summed E-state index contributed by atoms with van der Waals surface area (Å²) in [6.45, 7) is 9.13. The first-order chi connectivity index (χ1) is 8.66. The van der Waals surface area contributed by atoms with Crippen molar-refractivity contribution in [1.82, 2.24) is 15.3 Å². The summed E-state index contributed by atoms with van der Waals surface area (Å²) in [6.07, 6.45) is 4.18. The van der Waals surface area contributed by atoms with E-state index in [1.165, 1.54) is 0 Å². The second kappa shape index (κ2) is 6.25. The predicted octanol–water partition coefficient (Wildman–Crippen LogP) is 2.38. The van der Waals surface area contributed by atoms with Crippen LogP contribution in [0.3, 0.4) is 0 Å². The average molecular weight is 249 g/mol. The number of nitrogens with one attached hydrogen (secondary N) is 1. The maximum Gasteiger partial charge on any atom is 0.157 e. The van der Waals surface area contributed by atoms with E-state index in [-0.39, 0.29) is 6.10 Å². The SMILES string of the molecule is Cc1cnc(C2CCCO2)nc1CNCC(C)C. The van der Waals surface area contributed by atoms with Crippen molar-refractivity contribution in [1.29, 1.82) is 0 Å². The van der Waals surface area contributed by atoms with Crippen LogP contribution in [0.5, 0.6) is 0 Å². The molecule has 1 aromatic rings. The maximum atomic E-state index is 5.63. The summed E-state index contributed by atoms with van der Waals surface area (Å²) in [5.74, 6) is 1.50. The number of rotatable bonds is 5. The van der Waals surface area contributed by atoms with E-state index in [0.29, 0.717) is 5.92 Å². The Hall–Kier alpha value is -1.00. The van der Waals surface area contributed by atoms with E-state index in [4.69, 9.17) is 4.74 Å². The number of nitrogens with zero attached hydrogens (tertiary/aromatic N) is 2. The predicted molar refractivity (Wildman–Crippen MR) is 71.2 cm³/mol. The van der Waals surface area contributed by atoms with Gasteiger partial charge in [0.1, 0.15) is 6.10 Å². The highest BCUT2D eigenvalue weighted by molar-refractivity contribution is 5.16. The molecule has 1 fully saturated rings. The monoisotopic (exact) mass is 249 g/mol. The summed E-state index contributed by atoms with van der Waals surface area (Å²) in [4.78, 5) is 9.05. The molecule has 0 saturated carbocycles. The zero-order chi connectivity index (χ0) is 13.0. The lowest BCUT2D eigenvalue weighted by Gasteiger charge is -2.12. The van der Waals surface area contributed by atoms with Gasteiger partial charge < -0.3 is 10.1 Å². The molecule has 4 heteroatoms. The molecule has 1 N–H and O–H groups in total. The molecule has 1 aliphatic rings. The van der Waals surface area contributed by atoms with Crippen LogP contribution in [-0.2, 0) is 11.3 Å². The minimum atomic E-state index is 0.106. The van der Waals surface area contributed by atoms with E-state index >= 15 is 0 Å². The van der Waals surface area contributed by atoms with Gasteiger partial charge in [0.15, 0.2) is 5.82 Å². The summed E-state index contributed by atoms with van der Waals surface area (Å²) >= 11 is 0. The Bertz CT molecular complexity index is 387. The normalized spacial score (nSPS) is 19.7. The Morgan fingerprint density at radius 1 is 1.50 bits per heavy atom. The number of hydrogen-bond donors (Lipinski definition) is 1. The molecular formula is C14H23N3O. The van der Waals surface area contributed by atoms with Crippen molar-refractivity contribution in [3.63, 3.8) is 0 Å². The Kier molecular flexibility index (Phi) is 4.66. The van der Waals surface area contributed by atoms with Crippen molar-refractivity contribution in [2.75, 3.05) is 13.2 Å². The molecule has 18 heavy (non-hydrogen) atoms. The van der Waals surface area contributed by atoms with E-state index in [1.807, 2.05) is 6.20 Å². The third-order valence-electron chi connectivity index (χ3n) is 3.16. The maximum absolute atomic E-state index is 5.63. The van der Waals surface area contributed by atoms with Crippen molar-refractivity contribution in [3.8, 4) is 0 Å². The summed E-state index contributed by atoms with van der Waals surface area (Å²) in [6, 6.07) is 0. The van der Waals surface area contributed by atoms with Crippen LogP contribution in [0.25, 0.3) is 0 Å². The standard InChI is InChI=1S/C14H23N3O/c1-10(2)7-15-9-12-11(3)8-16-14(17-12)13-5-4-6-18-13/h8,10,13,15H,4-7,9H2,1-3H3. The number of ether oxygens (including phenoxy) is 1. The van der Waals surface area contributed by atoms with Gasteiger partial charge in [0.05, 0.1) is 5.69 Å². The van der Waals surface area contributed by atoms with Crippen molar-refractivity contribution < 1.29 is 4.74 Å². The smallest absolute Gasteiger partial charge is 0.157 e. The van der Waals surface area contributed by atoms with Crippen LogP contribution < -0.4 is 5.32 Å². The second-order valence-electron chi connectivity index (χ2n) is 5.38. The molecular weight excluding hydrogens is 226 g/mol. The van der Waals surface area contributed by atoms with Crippen molar-refractivity contribution in [3.05, 3.63) is 23.3 Å². The Balaban J connectivity index is 2.01.